The second-order valence-electron chi connectivity index (χ2n) is 4.87. The van der Waals surface area contributed by atoms with Crippen LogP contribution < -0.4 is 4.90 Å². The van der Waals surface area contributed by atoms with Crippen molar-refractivity contribution in [1.82, 2.24) is 0 Å². The highest BCUT2D eigenvalue weighted by atomic mass is 16.4. The van der Waals surface area contributed by atoms with Crippen LogP contribution in [-0.4, -0.2) is 24.2 Å². The molecule has 1 fully saturated rings. The van der Waals surface area contributed by atoms with Gasteiger partial charge >= 0.3 is 5.97 Å². The molecule has 4 nitrogen and oxygen atoms in total. The number of aliphatic carboxylic acids is 1. The lowest BCUT2D eigenvalue weighted by Crippen LogP contribution is -2.51. The van der Waals surface area contributed by atoms with Crippen molar-refractivity contribution in [3.8, 4) is 6.07 Å². The first-order chi connectivity index (χ1) is 8.54. The highest BCUT2D eigenvalue weighted by Gasteiger charge is 2.36. The van der Waals surface area contributed by atoms with Crippen LogP contribution in [0.25, 0.3) is 0 Å². The Labute approximate surface area is 106 Å². The lowest BCUT2D eigenvalue weighted by molar-refractivity contribution is -0.143. The zero-order valence-corrected chi connectivity index (χ0v) is 10.6. The Morgan fingerprint density at radius 3 is 2.78 bits per heavy atom. The van der Waals surface area contributed by atoms with Crippen molar-refractivity contribution >= 4 is 11.7 Å². The summed E-state index contributed by atoms with van der Waals surface area (Å²) in [4.78, 5) is 13.0. The molecule has 1 saturated heterocycles. The lowest BCUT2D eigenvalue weighted by atomic mass is 9.86. The van der Waals surface area contributed by atoms with Crippen LogP contribution in [-0.2, 0) is 4.79 Å². The van der Waals surface area contributed by atoms with Gasteiger partial charge in [0.25, 0.3) is 0 Å². The number of aryl methyl sites for hydroxylation is 1. The van der Waals surface area contributed by atoms with Gasteiger partial charge in [0, 0.05) is 19.0 Å². The van der Waals surface area contributed by atoms with Crippen LogP contribution in [0, 0.1) is 30.1 Å². The summed E-state index contributed by atoms with van der Waals surface area (Å²) in [5.74, 6) is -0.894. The molecule has 1 aliphatic rings. The van der Waals surface area contributed by atoms with Gasteiger partial charge in [0.05, 0.1) is 17.2 Å². The van der Waals surface area contributed by atoms with Gasteiger partial charge < -0.3 is 10.0 Å². The first kappa shape index (κ1) is 12.4. The summed E-state index contributed by atoms with van der Waals surface area (Å²) >= 11 is 0. The molecule has 1 aliphatic heterocycles. The van der Waals surface area contributed by atoms with Crippen molar-refractivity contribution < 1.29 is 9.90 Å². The number of nitrogens with zero attached hydrogens (tertiary/aromatic N) is 2. The van der Waals surface area contributed by atoms with Crippen molar-refractivity contribution in [3.05, 3.63) is 29.3 Å². The molecule has 94 valence electrons. The molecule has 1 aromatic carbocycles. The molecule has 0 amide bonds. The van der Waals surface area contributed by atoms with E-state index < -0.39 is 5.97 Å². The maximum atomic E-state index is 10.9. The van der Waals surface area contributed by atoms with E-state index in [1.165, 1.54) is 0 Å². The van der Waals surface area contributed by atoms with Crippen LogP contribution >= 0.6 is 0 Å². The van der Waals surface area contributed by atoms with E-state index in [4.69, 9.17) is 10.4 Å². The molecule has 4 heteroatoms. The molecule has 18 heavy (non-hydrogen) atoms. The molecule has 0 spiro atoms. The minimum Gasteiger partial charge on any atom is -0.481 e. The zero-order valence-electron chi connectivity index (χ0n) is 10.6. The van der Waals surface area contributed by atoms with Gasteiger partial charge in [-0.05, 0) is 18.6 Å². The van der Waals surface area contributed by atoms with Gasteiger partial charge in [0.15, 0.2) is 0 Å². The van der Waals surface area contributed by atoms with Crippen LogP contribution in [0.2, 0.25) is 0 Å². The Bertz CT molecular complexity index is 513. The van der Waals surface area contributed by atoms with E-state index in [0.29, 0.717) is 18.7 Å². The number of rotatable bonds is 3. The SMILES string of the molecule is Cc1cccc(C#N)c1N1CC(C(C)C(=O)O)C1. The van der Waals surface area contributed by atoms with Gasteiger partial charge in [-0.3, -0.25) is 4.79 Å². The molecule has 0 bridgehead atoms. The number of carboxylic acids is 1. The Kier molecular flexibility index (Phi) is 3.24. The third kappa shape index (κ3) is 2.04. The summed E-state index contributed by atoms with van der Waals surface area (Å²) in [7, 11) is 0. The van der Waals surface area contributed by atoms with E-state index in [1.54, 1.807) is 13.0 Å². The maximum absolute atomic E-state index is 10.9. The Morgan fingerprint density at radius 2 is 2.22 bits per heavy atom. The van der Waals surface area contributed by atoms with E-state index in [0.717, 1.165) is 11.3 Å². The molecule has 0 aromatic heterocycles. The standard InChI is InChI=1S/C14H16N2O2/c1-9-4-3-5-11(6-15)13(9)16-7-12(8-16)10(2)14(17)18/h3-5,10,12H,7-8H2,1-2H3,(H,17,18). The summed E-state index contributed by atoms with van der Waals surface area (Å²) in [6.45, 7) is 5.15. The molecule has 0 aliphatic carbocycles. The molecule has 2 rings (SSSR count). The number of benzene rings is 1. The van der Waals surface area contributed by atoms with Gasteiger partial charge in [-0.15, -0.1) is 0 Å². The summed E-state index contributed by atoms with van der Waals surface area (Å²) in [5, 5.41) is 18.1. The first-order valence-corrected chi connectivity index (χ1v) is 6.02. The van der Waals surface area contributed by atoms with E-state index in [1.807, 2.05) is 19.1 Å². The number of carbonyl (C=O) groups is 1. The normalized spacial score (nSPS) is 16.8. The zero-order chi connectivity index (χ0) is 13.3. The van der Waals surface area contributed by atoms with Gasteiger partial charge in [0.1, 0.15) is 6.07 Å². The third-order valence-electron chi connectivity index (χ3n) is 3.68. The molecule has 1 atom stereocenters. The molecule has 0 radical (unpaired) electrons. The average Bonchev–Trinajstić information content (AvgIpc) is 2.28. The van der Waals surface area contributed by atoms with Crippen LogP contribution in [0.3, 0.4) is 0 Å². The molecule has 1 aromatic rings. The van der Waals surface area contributed by atoms with E-state index in [-0.39, 0.29) is 11.8 Å². The number of hydrogen-bond acceptors (Lipinski definition) is 3. The lowest BCUT2D eigenvalue weighted by Gasteiger charge is -2.43. The average molecular weight is 244 g/mol. The van der Waals surface area contributed by atoms with Crippen molar-refractivity contribution in [1.29, 1.82) is 5.26 Å². The highest BCUT2D eigenvalue weighted by Crippen LogP contribution is 2.33. The van der Waals surface area contributed by atoms with Crippen molar-refractivity contribution in [2.45, 2.75) is 13.8 Å². The second kappa shape index (κ2) is 4.69. The largest absolute Gasteiger partial charge is 0.481 e. The van der Waals surface area contributed by atoms with Gasteiger partial charge in [-0.2, -0.15) is 5.26 Å². The van der Waals surface area contributed by atoms with E-state index >= 15 is 0 Å². The molecular weight excluding hydrogens is 228 g/mol. The quantitative estimate of drug-likeness (QED) is 0.883. The number of para-hydroxylation sites is 1. The Morgan fingerprint density at radius 1 is 1.56 bits per heavy atom. The van der Waals surface area contributed by atoms with E-state index in [2.05, 4.69) is 11.0 Å². The fourth-order valence-corrected chi connectivity index (χ4v) is 2.38. The topological polar surface area (TPSA) is 64.3 Å². The summed E-state index contributed by atoms with van der Waals surface area (Å²) in [6.07, 6.45) is 0. The van der Waals surface area contributed by atoms with Crippen LogP contribution in [0.5, 0.6) is 0 Å². The van der Waals surface area contributed by atoms with Crippen molar-refractivity contribution in [2.75, 3.05) is 18.0 Å². The second-order valence-corrected chi connectivity index (χ2v) is 4.87. The molecular formula is C14H16N2O2. The fraction of sp³-hybridized carbons (Fsp3) is 0.429. The molecule has 1 heterocycles. The Hall–Kier alpha value is -2.02. The molecule has 0 saturated carbocycles. The van der Waals surface area contributed by atoms with Crippen LogP contribution in [0.4, 0.5) is 5.69 Å². The summed E-state index contributed by atoms with van der Waals surface area (Å²) < 4.78 is 0. The summed E-state index contributed by atoms with van der Waals surface area (Å²) in [5.41, 5.74) is 2.68. The van der Waals surface area contributed by atoms with Crippen LogP contribution in [0.15, 0.2) is 18.2 Å². The highest BCUT2D eigenvalue weighted by molar-refractivity contribution is 5.71. The monoisotopic (exact) mass is 244 g/mol. The molecule has 1 N–H and O–H groups in total. The maximum Gasteiger partial charge on any atom is 0.306 e. The predicted molar refractivity (Wildman–Crippen MR) is 68.4 cm³/mol. The number of nitriles is 1. The number of hydrogen-bond donors (Lipinski definition) is 1. The fourth-order valence-electron chi connectivity index (χ4n) is 2.38. The van der Waals surface area contributed by atoms with Crippen molar-refractivity contribution in [3.63, 3.8) is 0 Å². The van der Waals surface area contributed by atoms with Gasteiger partial charge in [-0.25, -0.2) is 0 Å². The first-order valence-electron chi connectivity index (χ1n) is 6.02. The smallest absolute Gasteiger partial charge is 0.306 e. The van der Waals surface area contributed by atoms with Crippen molar-refractivity contribution in [2.24, 2.45) is 11.8 Å². The summed E-state index contributed by atoms with van der Waals surface area (Å²) in [6, 6.07) is 7.84. The minimum absolute atomic E-state index is 0.175. The van der Waals surface area contributed by atoms with Gasteiger partial charge in [0.2, 0.25) is 0 Å². The van der Waals surface area contributed by atoms with Gasteiger partial charge in [-0.1, -0.05) is 19.1 Å². The number of anilines is 1. The third-order valence-corrected chi connectivity index (χ3v) is 3.68. The Balaban J connectivity index is 2.14. The predicted octanol–water partition coefficient (Wildman–Crippen LogP) is 2.02. The number of carboxylic acid groups (broad SMARTS) is 1. The minimum atomic E-state index is -0.745. The van der Waals surface area contributed by atoms with E-state index in [9.17, 15) is 4.79 Å². The van der Waals surface area contributed by atoms with Crippen LogP contribution in [0.1, 0.15) is 18.1 Å². The molecule has 1 unspecified atom stereocenters.